The van der Waals surface area contributed by atoms with Crippen molar-refractivity contribution in [1.82, 2.24) is 4.90 Å². The molecule has 0 N–H and O–H groups in total. The number of methoxy groups -OCH3 is 1. The number of carbonyl (C=O) groups is 1. The molecular formula is C29H41NO6. The first-order valence-electron chi connectivity index (χ1n) is 12.9. The minimum absolute atomic E-state index is 0.0149. The predicted molar refractivity (Wildman–Crippen MR) is 139 cm³/mol. The Morgan fingerprint density at radius 3 is 2.56 bits per heavy atom. The number of esters is 1. The third kappa shape index (κ3) is 6.20. The van der Waals surface area contributed by atoms with Crippen molar-refractivity contribution in [3.63, 3.8) is 0 Å². The Labute approximate surface area is 215 Å². The fourth-order valence-corrected chi connectivity index (χ4v) is 5.44. The maximum atomic E-state index is 12.7. The van der Waals surface area contributed by atoms with Crippen molar-refractivity contribution in [2.24, 2.45) is 5.92 Å². The average Bonchev–Trinajstić information content (AvgIpc) is 3.75. The van der Waals surface area contributed by atoms with E-state index in [0.29, 0.717) is 19.6 Å². The van der Waals surface area contributed by atoms with Crippen LogP contribution in [0, 0.1) is 5.92 Å². The van der Waals surface area contributed by atoms with Gasteiger partial charge in [0, 0.05) is 19.7 Å². The summed E-state index contributed by atoms with van der Waals surface area (Å²) in [6.45, 7) is 8.54. The van der Waals surface area contributed by atoms with Gasteiger partial charge in [0.25, 0.3) is 0 Å². The van der Waals surface area contributed by atoms with Crippen molar-refractivity contribution in [2.75, 3.05) is 41.0 Å². The fraction of sp³-hybridized carbons (Fsp3) is 0.621. The number of hydrogen-bond acceptors (Lipinski definition) is 7. The lowest BCUT2D eigenvalue weighted by atomic mass is 9.68. The van der Waals surface area contributed by atoms with Gasteiger partial charge in [0.05, 0.1) is 18.6 Å². The van der Waals surface area contributed by atoms with Gasteiger partial charge in [0.15, 0.2) is 0 Å². The lowest BCUT2D eigenvalue weighted by molar-refractivity contribution is -0.166. The highest BCUT2D eigenvalue weighted by Gasteiger charge is 2.72. The van der Waals surface area contributed by atoms with Crippen LogP contribution in [0.25, 0.3) is 6.08 Å². The molecule has 3 aliphatic rings. The van der Waals surface area contributed by atoms with Gasteiger partial charge in [-0.2, -0.15) is 0 Å². The Kier molecular flexibility index (Phi) is 8.25. The number of benzene rings is 1. The van der Waals surface area contributed by atoms with Crippen molar-refractivity contribution < 1.29 is 28.5 Å². The van der Waals surface area contributed by atoms with Crippen molar-refractivity contribution >= 4 is 12.0 Å². The zero-order valence-electron chi connectivity index (χ0n) is 22.5. The monoisotopic (exact) mass is 499 g/mol. The SMILES string of the molecule is COC1C(OC(=O)C=Cc2ccc(OCCN(C)C)cc2)CC[C@]2(CO2)C1C1(C)O[C@@H]1CC=C(C)C. The first-order chi connectivity index (χ1) is 17.2. The molecule has 1 saturated carbocycles. The molecule has 1 spiro atoms. The second-order valence-corrected chi connectivity index (χ2v) is 10.9. The number of rotatable bonds is 11. The standard InChI is InChI=1S/C29H41NO6/c1-20(2)7-13-24-28(3,36-24)27-26(32-6)23(15-16-29(27)19-34-29)35-25(31)14-10-21-8-11-22(12-9-21)33-18-17-30(4)5/h7-12,14,23-24,26-27H,13,15-19H2,1-6H3/t23?,24-,26?,27?,28?,29+/m1/s1. The largest absolute Gasteiger partial charge is 0.492 e. The smallest absolute Gasteiger partial charge is 0.331 e. The van der Waals surface area contributed by atoms with Gasteiger partial charge < -0.3 is 28.6 Å². The summed E-state index contributed by atoms with van der Waals surface area (Å²) in [7, 11) is 5.72. The lowest BCUT2D eigenvalue weighted by Gasteiger charge is -2.42. The Morgan fingerprint density at radius 1 is 1.22 bits per heavy atom. The Morgan fingerprint density at radius 2 is 1.94 bits per heavy atom. The molecule has 2 aliphatic heterocycles. The second kappa shape index (κ2) is 11.1. The molecule has 1 aromatic rings. The molecule has 2 heterocycles. The van der Waals surface area contributed by atoms with Crippen molar-refractivity contribution in [1.29, 1.82) is 0 Å². The zero-order valence-corrected chi connectivity index (χ0v) is 22.5. The highest BCUT2D eigenvalue weighted by atomic mass is 16.6. The number of hydrogen-bond donors (Lipinski definition) is 0. The highest BCUT2D eigenvalue weighted by Crippen LogP contribution is 2.59. The number of nitrogens with zero attached hydrogens (tertiary/aromatic N) is 1. The van der Waals surface area contributed by atoms with Gasteiger partial charge in [0.1, 0.15) is 35.8 Å². The first-order valence-corrected chi connectivity index (χ1v) is 12.9. The van der Waals surface area contributed by atoms with E-state index in [1.165, 1.54) is 11.6 Å². The van der Waals surface area contributed by atoms with Crippen molar-refractivity contribution in [3.8, 4) is 5.75 Å². The summed E-state index contributed by atoms with van der Waals surface area (Å²) in [4.78, 5) is 14.8. The maximum absolute atomic E-state index is 12.7. The summed E-state index contributed by atoms with van der Waals surface area (Å²) in [6.07, 6.45) is 7.38. The van der Waals surface area contributed by atoms with Crippen LogP contribution < -0.4 is 4.74 Å². The molecule has 3 fully saturated rings. The molecule has 7 nitrogen and oxygen atoms in total. The van der Waals surface area contributed by atoms with E-state index in [1.54, 1.807) is 13.2 Å². The minimum Gasteiger partial charge on any atom is -0.492 e. The first kappa shape index (κ1) is 26.9. The quantitative estimate of drug-likeness (QED) is 0.195. The second-order valence-electron chi connectivity index (χ2n) is 10.9. The van der Waals surface area contributed by atoms with Crippen molar-refractivity contribution in [3.05, 3.63) is 47.6 Å². The molecule has 4 rings (SSSR count). The van der Waals surface area contributed by atoms with E-state index in [9.17, 15) is 4.79 Å². The molecule has 1 aliphatic carbocycles. The molecule has 0 bridgehead atoms. The van der Waals surface area contributed by atoms with Crippen LogP contribution in [0.1, 0.15) is 45.6 Å². The lowest BCUT2D eigenvalue weighted by Crippen LogP contribution is -2.55. The van der Waals surface area contributed by atoms with Gasteiger partial charge in [-0.25, -0.2) is 4.79 Å². The van der Waals surface area contributed by atoms with Crippen molar-refractivity contribution in [2.45, 2.75) is 69.5 Å². The number of carbonyl (C=O) groups excluding carboxylic acids is 1. The highest BCUT2D eigenvalue weighted by molar-refractivity contribution is 5.87. The zero-order chi connectivity index (χ0) is 25.9. The third-order valence-corrected chi connectivity index (χ3v) is 7.60. The molecule has 2 saturated heterocycles. The van der Waals surface area contributed by atoms with Gasteiger partial charge in [0.2, 0.25) is 0 Å². The number of ether oxygens (including phenoxy) is 5. The Bertz CT molecular complexity index is 962. The summed E-state index contributed by atoms with van der Waals surface area (Å²) in [5.41, 5.74) is 1.61. The van der Waals surface area contributed by atoms with Crippen LogP contribution in [0.3, 0.4) is 0 Å². The molecular weight excluding hydrogens is 458 g/mol. The van der Waals surface area contributed by atoms with E-state index in [1.807, 2.05) is 38.4 Å². The number of allylic oxidation sites excluding steroid dienone is 1. The number of likely N-dealkylation sites (N-methyl/N-ethyl adjacent to an activating group) is 1. The van der Waals surface area contributed by atoms with Crippen LogP contribution in [0.15, 0.2) is 42.0 Å². The Balaban J connectivity index is 1.36. The maximum Gasteiger partial charge on any atom is 0.331 e. The van der Waals surface area contributed by atoms with E-state index < -0.39 is 0 Å². The summed E-state index contributed by atoms with van der Waals surface area (Å²) >= 11 is 0. The predicted octanol–water partition coefficient (Wildman–Crippen LogP) is 4.26. The summed E-state index contributed by atoms with van der Waals surface area (Å²) in [5, 5.41) is 0. The van der Waals surface area contributed by atoms with Gasteiger partial charge in [-0.1, -0.05) is 23.8 Å². The van der Waals surface area contributed by atoms with E-state index in [4.69, 9.17) is 23.7 Å². The number of epoxide rings is 2. The van der Waals surface area contributed by atoms with Gasteiger partial charge in [-0.3, -0.25) is 0 Å². The van der Waals surface area contributed by atoms with E-state index >= 15 is 0 Å². The molecule has 7 heteroatoms. The average molecular weight is 500 g/mol. The molecule has 198 valence electrons. The van der Waals surface area contributed by atoms with Crippen LogP contribution in [0.2, 0.25) is 0 Å². The van der Waals surface area contributed by atoms with Gasteiger partial charge in [-0.05, 0) is 77.9 Å². The topological polar surface area (TPSA) is 73.1 Å². The molecule has 0 radical (unpaired) electrons. The molecule has 36 heavy (non-hydrogen) atoms. The molecule has 6 atom stereocenters. The van der Waals surface area contributed by atoms with Gasteiger partial charge in [-0.15, -0.1) is 0 Å². The van der Waals surface area contributed by atoms with Crippen LogP contribution in [0.4, 0.5) is 0 Å². The third-order valence-electron chi connectivity index (χ3n) is 7.60. The van der Waals surface area contributed by atoms with Crippen LogP contribution in [0.5, 0.6) is 5.75 Å². The van der Waals surface area contributed by atoms with Crippen LogP contribution >= 0.6 is 0 Å². The van der Waals surface area contributed by atoms with E-state index in [-0.39, 0.29) is 41.4 Å². The normalized spacial score (nSPS) is 33.1. The summed E-state index contributed by atoms with van der Waals surface area (Å²) in [5.74, 6) is 0.450. The molecule has 0 amide bonds. The summed E-state index contributed by atoms with van der Waals surface area (Å²) in [6, 6.07) is 7.67. The van der Waals surface area contributed by atoms with E-state index in [2.05, 4.69) is 31.7 Å². The molecule has 1 aromatic carbocycles. The van der Waals surface area contributed by atoms with Crippen LogP contribution in [-0.2, 0) is 23.7 Å². The molecule has 0 aromatic heterocycles. The fourth-order valence-electron chi connectivity index (χ4n) is 5.44. The van der Waals surface area contributed by atoms with Gasteiger partial charge >= 0.3 is 5.97 Å². The molecule has 4 unspecified atom stereocenters. The minimum atomic E-state index is -0.372. The summed E-state index contributed by atoms with van der Waals surface area (Å²) < 4.78 is 29.8. The Hall–Kier alpha value is -2.19. The van der Waals surface area contributed by atoms with E-state index in [0.717, 1.165) is 30.7 Å². The van der Waals surface area contributed by atoms with Crippen LogP contribution in [-0.4, -0.2) is 81.3 Å².